The third kappa shape index (κ3) is 3.30. The molecule has 3 heteroatoms. The van der Waals surface area contributed by atoms with Crippen LogP contribution in [0, 0.1) is 6.92 Å². The fourth-order valence-electron chi connectivity index (χ4n) is 2.01. The predicted octanol–water partition coefficient (Wildman–Crippen LogP) is 3.93. The summed E-state index contributed by atoms with van der Waals surface area (Å²) in [6, 6.07) is 11.6. The molecule has 0 spiro atoms. The highest BCUT2D eigenvalue weighted by Gasteiger charge is 2.25. The summed E-state index contributed by atoms with van der Waals surface area (Å²) in [5.41, 5.74) is 3.27. The Labute approximate surface area is 126 Å². The van der Waals surface area contributed by atoms with Crippen molar-refractivity contribution >= 4 is 5.91 Å². The summed E-state index contributed by atoms with van der Waals surface area (Å²) >= 11 is 0. The molecule has 2 aromatic rings. The van der Waals surface area contributed by atoms with E-state index in [1.54, 1.807) is 4.90 Å². The highest BCUT2D eigenvalue weighted by Crippen LogP contribution is 2.25. The van der Waals surface area contributed by atoms with Gasteiger partial charge in [-0.1, -0.05) is 24.3 Å². The molecule has 0 aliphatic carbocycles. The van der Waals surface area contributed by atoms with E-state index in [0.29, 0.717) is 5.56 Å². The number of benzene rings is 1. The van der Waals surface area contributed by atoms with Crippen molar-refractivity contribution in [1.29, 1.82) is 0 Å². The molecule has 0 aliphatic rings. The quantitative estimate of drug-likeness (QED) is 0.836. The highest BCUT2D eigenvalue weighted by atomic mass is 16.2. The molecule has 0 aliphatic heterocycles. The molecule has 3 nitrogen and oxygen atoms in total. The third-order valence-electron chi connectivity index (χ3n) is 3.66. The number of nitrogens with zero attached hydrogens (tertiary/aromatic N) is 2. The molecule has 110 valence electrons. The summed E-state index contributed by atoms with van der Waals surface area (Å²) in [4.78, 5) is 19.0. The van der Waals surface area contributed by atoms with Gasteiger partial charge in [-0.15, -0.1) is 0 Å². The van der Waals surface area contributed by atoms with Crippen LogP contribution in [-0.2, 0) is 0 Å². The summed E-state index contributed by atoms with van der Waals surface area (Å²) < 4.78 is 0. The van der Waals surface area contributed by atoms with E-state index in [0.717, 1.165) is 16.8 Å². The normalized spacial score (nSPS) is 11.3. The number of amides is 1. The van der Waals surface area contributed by atoms with E-state index in [1.807, 2.05) is 77.3 Å². The molecule has 21 heavy (non-hydrogen) atoms. The molecule has 0 fully saturated rings. The number of aromatic nitrogens is 1. The molecule has 1 aromatic carbocycles. The van der Waals surface area contributed by atoms with Crippen molar-refractivity contribution in [2.45, 2.75) is 33.2 Å². The molecule has 0 saturated heterocycles. The van der Waals surface area contributed by atoms with E-state index in [-0.39, 0.29) is 11.4 Å². The summed E-state index contributed by atoms with van der Waals surface area (Å²) in [7, 11) is 1.84. The summed E-state index contributed by atoms with van der Waals surface area (Å²) in [5, 5.41) is 0. The van der Waals surface area contributed by atoms with Crippen LogP contribution in [0.1, 0.15) is 36.7 Å². The number of carbonyl (C=O) groups excluding carboxylic acids is 1. The van der Waals surface area contributed by atoms with Gasteiger partial charge in [0.05, 0.1) is 5.69 Å². The van der Waals surface area contributed by atoms with Crippen molar-refractivity contribution in [3.8, 4) is 11.3 Å². The lowest BCUT2D eigenvalue weighted by atomic mass is 10.00. The van der Waals surface area contributed by atoms with Crippen LogP contribution in [-0.4, -0.2) is 28.4 Å². The molecule has 0 unspecified atom stereocenters. The van der Waals surface area contributed by atoms with E-state index in [4.69, 9.17) is 0 Å². The Balaban J connectivity index is 2.47. The van der Waals surface area contributed by atoms with Crippen molar-refractivity contribution in [3.05, 3.63) is 53.7 Å². The maximum atomic E-state index is 12.8. The number of aryl methyl sites for hydroxylation is 1. The smallest absolute Gasteiger partial charge is 0.254 e. The number of rotatable bonds is 2. The first kappa shape index (κ1) is 15.2. The molecule has 0 atom stereocenters. The lowest BCUT2D eigenvalue weighted by Crippen LogP contribution is -2.42. The van der Waals surface area contributed by atoms with Crippen LogP contribution >= 0.6 is 0 Å². The van der Waals surface area contributed by atoms with Crippen molar-refractivity contribution in [3.63, 3.8) is 0 Å². The largest absolute Gasteiger partial charge is 0.337 e. The summed E-state index contributed by atoms with van der Waals surface area (Å²) in [6.45, 7) is 8.08. The standard InChI is InChI=1S/C18H22N2O/c1-13-10-11-16(19-12-13)14-8-6-7-9-15(14)17(21)20(5)18(2,3)4/h6-12H,1-5H3. The zero-order chi connectivity index (χ0) is 15.6. The molecule has 1 amide bonds. The molecule has 0 radical (unpaired) electrons. The van der Waals surface area contributed by atoms with Crippen LogP contribution < -0.4 is 0 Å². The van der Waals surface area contributed by atoms with Gasteiger partial charge in [-0.2, -0.15) is 0 Å². The van der Waals surface area contributed by atoms with E-state index < -0.39 is 0 Å². The average molecular weight is 282 g/mol. The van der Waals surface area contributed by atoms with Gasteiger partial charge in [-0.25, -0.2) is 0 Å². The number of hydrogen-bond donors (Lipinski definition) is 0. The van der Waals surface area contributed by atoms with Gasteiger partial charge in [-0.3, -0.25) is 9.78 Å². The second-order valence-electron chi connectivity index (χ2n) is 6.30. The van der Waals surface area contributed by atoms with E-state index in [2.05, 4.69) is 4.98 Å². The van der Waals surface area contributed by atoms with Crippen molar-refractivity contribution in [2.75, 3.05) is 7.05 Å². The predicted molar refractivity (Wildman–Crippen MR) is 86.3 cm³/mol. The van der Waals surface area contributed by atoms with Gasteiger partial charge in [0.25, 0.3) is 5.91 Å². The number of hydrogen-bond acceptors (Lipinski definition) is 2. The van der Waals surface area contributed by atoms with Gasteiger partial charge in [0, 0.05) is 29.9 Å². The minimum Gasteiger partial charge on any atom is -0.337 e. The van der Waals surface area contributed by atoms with Crippen LogP contribution in [0.4, 0.5) is 0 Å². The van der Waals surface area contributed by atoms with Crippen LogP contribution in [0.15, 0.2) is 42.6 Å². The van der Waals surface area contributed by atoms with Gasteiger partial charge in [0.1, 0.15) is 0 Å². The SMILES string of the molecule is Cc1ccc(-c2ccccc2C(=O)N(C)C(C)(C)C)nc1. The Morgan fingerprint density at radius 1 is 1.10 bits per heavy atom. The third-order valence-corrected chi connectivity index (χ3v) is 3.66. The molecule has 0 saturated carbocycles. The van der Waals surface area contributed by atoms with Gasteiger partial charge in [-0.05, 0) is 45.4 Å². The molecule has 1 aromatic heterocycles. The van der Waals surface area contributed by atoms with Gasteiger partial charge in [0.2, 0.25) is 0 Å². The maximum absolute atomic E-state index is 12.8. The molecule has 2 rings (SSSR count). The molecule has 1 heterocycles. The van der Waals surface area contributed by atoms with Gasteiger partial charge < -0.3 is 4.90 Å². The number of carbonyl (C=O) groups is 1. The first-order chi connectivity index (χ1) is 9.80. The lowest BCUT2D eigenvalue weighted by Gasteiger charge is -2.32. The van der Waals surface area contributed by atoms with E-state index >= 15 is 0 Å². The lowest BCUT2D eigenvalue weighted by molar-refractivity contribution is 0.0656. The van der Waals surface area contributed by atoms with Crippen LogP contribution in [0.5, 0.6) is 0 Å². The summed E-state index contributed by atoms with van der Waals surface area (Å²) in [5.74, 6) is 0.0143. The van der Waals surface area contributed by atoms with E-state index in [1.165, 1.54) is 0 Å². The van der Waals surface area contributed by atoms with Gasteiger partial charge >= 0.3 is 0 Å². The maximum Gasteiger partial charge on any atom is 0.254 e. The second kappa shape index (κ2) is 5.68. The fraction of sp³-hybridized carbons (Fsp3) is 0.333. The van der Waals surface area contributed by atoms with Crippen LogP contribution in [0.3, 0.4) is 0 Å². The Kier molecular flexibility index (Phi) is 4.12. The van der Waals surface area contributed by atoms with Crippen molar-refractivity contribution in [1.82, 2.24) is 9.88 Å². The topological polar surface area (TPSA) is 33.2 Å². The first-order valence-corrected chi connectivity index (χ1v) is 7.11. The molecule has 0 N–H and O–H groups in total. The highest BCUT2D eigenvalue weighted by molar-refractivity contribution is 6.00. The Morgan fingerprint density at radius 3 is 2.33 bits per heavy atom. The Hall–Kier alpha value is -2.16. The first-order valence-electron chi connectivity index (χ1n) is 7.11. The van der Waals surface area contributed by atoms with E-state index in [9.17, 15) is 4.79 Å². The minimum atomic E-state index is -0.217. The molecular formula is C18H22N2O. The van der Waals surface area contributed by atoms with Crippen LogP contribution in [0.25, 0.3) is 11.3 Å². The van der Waals surface area contributed by atoms with Crippen molar-refractivity contribution < 1.29 is 4.79 Å². The monoisotopic (exact) mass is 282 g/mol. The minimum absolute atomic E-state index is 0.0143. The van der Waals surface area contributed by atoms with Gasteiger partial charge in [0.15, 0.2) is 0 Å². The zero-order valence-corrected chi connectivity index (χ0v) is 13.3. The average Bonchev–Trinajstić information content (AvgIpc) is 2.45. The number of pyridine rings is 1. The second-order valence-corrected chi connectivity index (χ2v) is 6.30. The van der Waals surface area contributed by atoms with Crippen molar-refractivity contribution in [2.24, 2.45) is 0 Å². The molecular weight excluding hydrogens is 260 g/mol. The van der Waals surface area contributed by atoms with Crippen LogP contribution in [0.2, 0.25) is 0 Å². The zero-order valence-electron chi connectivity index (χ0n) is 13.3. The Morgan fingerprint density at radius 2 is 1.76 bits per heavy atom. The Bertz CT molecular complexity index is 639. The molecule has 0 bridgehead atoms. The summed E-state index contributed by atoms with van der Waals surface area (Å²) in [6.07, 6.45) is 1.82. The fourth-order valence-corrected chi connectivity index (χ4v) is 2.01.